The monoisotopic (exact) mass is 267 g/mol. The quantitative estimate of drug-likeness (QED) is 0.636. The third-order valence-electron chi connectivity index (χ3n) is 2.96. The summed E-state index contributed by atoms with van der Waals surface area (Å²) in [6.45, 7) is 2.64. The van der Waals surface area contributed by atoms with Crippen molar-refractivity contribution in [2.75, 3.05) is 31.3 Å². The summed E-state index contributed by atoms with van der Waals surface area (Å²) in [6.07, 6.45) is 3.49. The molecule has 1 heterocycles. The zero-order chi connectivity index (χ0) is 12.6. The molecule has 0 amide bonds. The minimum Gasteiger partial charge on any atom is -0.494 e. The van der Waals surface area contributed by atoms with Gasteiger partial charge in [-0.15, -0.1) is 0 Å². The molecule has 0 bridgehead atoms. The van der Waals surface area contributed by atoms with E-state index in [0.29, 0.717) is 0 Å². The summed E-state index contributed by atoms with van der Waals surface area (Å²) in [5.74, 6) is 2.07. The summed E-state index contributed by atoms with van der Waals surface area (Å²) >= 11 is 2.05. The number of hydrogen-bond donors (Lipinski definition) is 1. The van der Waals surface area contributed by atoms with Gasteiger partial charge in [-0.1, -0.05) is 0 Å². The molecule has 18 heavy (non-hydrogen) atoms. The average molecular weight is 267 g/mol. The van der Waals surface area contributed by atoms with E-state index >= 15 is 0 Å². The lowest BCUT2D eigenvalue weighted by Crippen LogP contribution is -2.18. The number of rotatable bonds is 6. The topological polar surface area (TPSA) is 44.5 Å². The van der Waals surface area contributed by atoms with Crippen molar-refractivity contribution in [1.29, 1.82) is 0 Å². The second-order valence-electron chi connectivity index (χ2n) is 4.45. The molecule has 2 rings (SSSR count). The standard InChI is InChI=1S/C14H21NO2S/c15-12-2-4-13(5-3-12)17-8-1-11-18-14-6-9-16-10-7-14/h2-5,14H,1,6-11,15H2. The molecule has 1 aliphatic rings. The first-order chi connectivity index (χ1) is 8.84. The van der Waals surface area contributed by atoms with Crippen LogP contribution in [-0.4, -0.2) is 30.8 Å². The molecule has 100 valence electrons. The second-order valence-corrected chi connectivity index (χ2v) is 5.86. The summed E-state index contributed by atoms with van der Waals surface area (Å²) in [5, 5.41) is 0.787. The molecular weight excluding hydrogens is 246 g/mol. The first-order valence-electron chi connectivity index (χ1n) is 6.52. The van der Waals surface area contributed by atoms with Gasteiger partial charge in [0.2, 0.25) is 0 Å². The van der Waals surface area contributed by atoms with Crippen LogP contribution in [0.1, 0.15) is 19.3 Å². The Kier molecular flexibility index (Phi) is 5.68. The molecule has 0 unspecified atom stereocenters. The van der Waals surface area contributed by atoms with Gasteiger partial charge in [-0.25, -0.2) is 0 Å². The van der Waals surface area contributed by atoms with Crippen molar-refractivity contribution in [2.45, 2.75) is 24.5 Å². The lowest BCUT2D eigenvalue weighted by atomic mass is 10.2. The molecule has 0 radical (unpaired) electrons. The molecule has 0 aromatic heterocycles. The van der Waals surface area contributed by atoms with Crippen molar-refractivity contribution in [3.8, 4) is 5.75 Å². The van der Waals surface area contributed by atoms with Crippen LogP contribution in [0, 0.1) is 0 Å². The van der Waals surface area contributed by atoms with E-state index in [-0.39, 0.29) is 0 Å². The number of nitrogens with two attached hydrogens (primary N) is 1. The van der Waals surface area contributed by atoms with E-state index in [2.05, 4.69) is 11.8 Å². The number of hydrogen-bond acceptors (Lipinski definition) is 4. The maximum absolute atomic E-state index is 5.66. The Morgan fingerprint density at radius 2 is 1.94 bits per heavy atom. The molecule has 4 heteroatoms. The van der Waals surface area contributed by atoms with Gasteiger partial charge in [0.25, 0.3) is 0 Å². The van der Waals surface area contributed by atoms with E-state index in [1.807, 2.05) is 24.3 Å². The van der Waals surface area contributed by atoms with Crippen LogP contribution in [-0.2, 0) is 4.74 Å². The second kappa shape index (κ2) is 7.54. The fourth-order valence-corrected chi connectivity index (χ4v) is 3.05. The van der Waals surface area contributed by atoms with Crippen molar-refractivity contribution < 1.29 is 9.47 Å². The van der Waals surface area contributed by atoms with Gasteiger partial charge in [-0.3, -0.25) is 0 Å². The van der Waals surface area contributed by atoms with Gasteiger partial charge < -0.3 is 15.2 Å². The van der Waals surface area contributed by atoms with Crippen molar-refractivity contribution in [1.82, 2.24) is 0 Å². The lowest BCUT2D eigenvalue weighted by molar-refractivity contribution is 0.1000. The van der Waals surface area contributed by atoms with Gasteiger partial charge in [0, 0.05) is 24.2 Å². The van der Waals surface area contributed by atoms with Crippen molar-refractivity contribution in [2.24, 2.45) is 0 Å². The van der Waals surface area contributed by atoms with Crippen LogP contribution in [0.15, 0.2) is 24.3 Å². The lowest BCUT2D eigenvalue weighted by Gasteiger charge is -2.21. The Morgan fingerprint density at radius 3 is 2.67 bits per heavy atom. The summed E-state index contributed by atoms with van der Waals surface area (Å²) in [4.78, 5) is 0. The first kappa shape index (κ1) is 13.6. The van der Waals surface area contributed by atoms with Gasteiger partial charge in [0.15, 0.2) is 0 Å². The highest BCUT2D eigenvalue weighted by Crippen LogP contribution is 2.22. The van der Waals surface area contributed by atoms with Gasteiger partial charge >= 0.3 is 0 Å². The largest absolute Gasteiger partial charge is 0.494 e. The van der Waals surface area contributed by atoms with Crippen molar-refractivity contribution >= 4 is 17.4 Å². The third-order valence-corrected chi connectivity index (χ3v) is 4.43. The molecule has 1 aromatic rings. The predicted octanol–water partition coefficient (Wildman–Crippen LogP) is 2.95. The van der Waals surface area contributed by atoms with Crippen LogP contribution in [0.3, 0.4) is 0 Å². The smallest absolute Gasteiger partial charge is 0.119 e. The Balaban J connectivity index is 1.54. The summed E-state index contributed by atoms with van der Waals surface area (Å²) in [6, 6.07) is 7.57. The van der Waals surface area contributed by atoms with Crippen LogP contribution in [0.4, 0.5) is 5.69 Å². The van der Waals surface area contributed by atoms with Gasteiger partial charge in [-0.2, -0.15) is 11.8 Å². The number of ether oxygens (including phenoxy) is 2. The molecule has 0 atom stereocenters. The Morgan fingerprint density at radius 1 is 1.22 bits per heavy atom. The van der Waals surface area contributed by atoms with Crippen LogP contribution in [0.2, 0.25) is 0 Å². The summed E-state index contributed by atoms with van der Waals surface area (Å²) < 4.78 is 11.0. The molecule has 3 nitrogen and oxygen atoms in total. The third kappa shape index (κ3) is 4.78. The SMILES string of the molecule is Nc1ccc(OCCCSC2CCOCC2)cc1. The number of thioether (sulfide) groups is 1. The number of anilines is 1. The van der Waals surface area contributed by atoms with Crippen LogP contribution < -0.4 is 10.5 Å². The maximum atomic E-state index is 5.66. The minimum atomic E-state index is 0.775. The van der Waals surface area contributed by atoms with E-state index in [1.165, 1.54) is 18.6 Å². The molecule has 0 saturated carbocycles. The van der Waals surface area contributed by atoms with Crippen LogP contribution >= 0.6 is 11.8 Å². The van der Waals surface area contributed by atoms with Crippen LogP contribution in [0.5, 0.6) is 5.75 Å². The Bertz CT molecular complexity index is 336. The fourth-order valence-electron chi connectivity index (χ4n) is 1.91. The molecule has 1 fully saturated rings. The number of nitrogen functional groups attached to an aromatic ring is 1. The molecule has 0 spiro atoms. The van der Waals surface area contributed by atoms with Gasteiger partial charge in [-0.05, 0) is 49.3 Å². The van der Waals surface area contributed by atoms with Gasteiger partial charge in [0.1, 0.15) is 5.75 Å². The minimum absolute atomic E-state index is 0.775. The Hall–Kier alpha value is -0.870. The maximum Gasteiger partial charge on any atom is 0.119 e. The van der Waals surface area contributed by atoms with Gasteiger partial charge in [0.05, 0.1) is 6.61 Å². The number of benzene rings is 1. The van der Waals surface area contributed by atoms with E-state index in [9.17, 15) is 0 Å². The van der Waals surface area contributed by atoms with Crippen LogP contribution in [0.25, 0.3) is 0 Å². The first-order valence-corrected chi connectivity index (χ1v) is 7.57. The highest BCUT2D eigenvalue weighted by molar-refractivity contribution is 7.99. The average Bonchev–Trinajstić information content (AvgIpc) is 2.42. The van der Waals surface area contributed by atoms with Crippen molar-refractivity contribution in [3.63, 3.8) is 0 Å². The predicted molar refractivity (Wildman–Crippen MR) is 77.3 cm³/mol. The normalized spacial score (nSPS) is 16.7. The fraction of sp³-hybridized carbons (Fsp3) is 0.571. The highest BCUT2D eigenvalue weighted by atomic mass is 32.2. The molecule has 1 saturated heterocycles. The summed E-state index contributed by atoms with van der Waals surface area (Å²) in [5.41, 5.74) is 6.39. The van der Waals surface area contributed by atoms with Crippen molar-refractivity contribution in [3.05, 3.63) is 24.3 Å². The molecule has 2 N–H and O–H groups in total. The van der Waals surface area contributed by atoms with E-state index in [1.54, 1.807) is 0 Å². The molecule has 1 aliphatic heterocycles. The molecular formula is C14H21NO2S. The zero-order valence-corrected chi connectivity index (χ0v) is 11.5. The van der Waals surface area contributed by atoms with E-state index in [0.717, 1.165) is 42.9 Å². The zero-order valence-electron chi connectivity index (χ0n) is 10.6. The summed E-state index contributed by atoms with van der Waals surface area (Å²) in [7, 11) is 0. The highest BCUT2D eigenvalue weighted by Gasteiger charge is 2.13. The molecule has 1 aromatic carbocycles. The molecule has 0 aliphatic carbocycles. The Labute approximate surface area is 113 Å². The van der Waals surface area contributed by atoms with E-state index in [4.69, 9.17) is 15.2 Å². The van der Waals surface area contributed by atoms with E-state index < -0.39 is 0 Å².